The van der Waals surface area contributed by atoms with Crippen molar-refractivity contribution < 1.29 is 10.2 Å². The monoisotopic (exact) mass is 278 g/mol. The number of benzene rings is 1. The lowest BCUT2D eigenvalue weighted by Crippen LogP contribution is -2.08. The van der Waals surface area contributed by atoms with E-state index < -0.39 is 0 Å². The number of aromatic hydroxyl groups is 2. The van der Waals surface area contributed by atoms with Crippen LogP contribution in [-0.4, -0.2) is 15.2 Å². The predicted molar refractivity (Wildman–Crippen MR) is 75.8 cm³/mol. The first-order valence-electron chi connectivity index (χ1n) is 5.89. The highest BCUT2D eigenvalue weighted by Crippen LogP contribution is 2.34. The third kappa shape index (κ3) is 2.90. The summed E-state index contributed by atoms with van der Waals surface area (Å²) in [7, 11) is 0. The van der Waals surface area contributed by atoms with E-state index in [2.05, 4.69) is 10.3 Å². The number of hydrogen-bond acceptors (Lipinski definition) is 4. The second kappa shape index (κ2) is 5.36. The van der Waals surface area contributed by atoms with Crippen LogP contribution >= 0.6 is 11.6 Å². The molecule has 2 aromatic rings. The molecule has 0 fully saturated rings. The molecule has 2 rings (SSSR count). The fourth-order valence-electron chi connectivity index (χ4n) is 1.97. The lowest BCUT2D eigenvalue weighted by Gasteiger charge is -2.19. The van der Waals surface area contributed by atoms with Crippen molar-refractivity contribution in [1.29, 1.82) is 0 Å². The lowest BCUT2D eigenvalue weighted by molar-refractivity contribution is 0.434. The minimum atomic E-state index is -0.261. The molecule has 5 heteroatoms. The van der Waals surface area contributed by atoms with Gasteiger partial charge >= 0.3 is 0 Å². The topological polar surface area (TPSA) is 65.4 Å². The summed E-state index contributed by atoms with van der Waals surface area (Å²) in [6.07, 6.45) is 0. The molecule has 19 heavy (non-hydrogen) atoms. The fourth-order valence-corrected chi connectivity index (χ4v) is 2.16. The van der Waals surface area contributed by atoms with E-state index in [1.54, 1.807) is 24.3 Å². The first kappa shape index (κ1) is 13.5. The van der Waals surface area contributed by atoms with Crippen molar-refractivity contribution in [2.75, 3.05) is 5.32 Å². The van der Waals surface area contributed by atoms with Crippen LogP contribution in [0.3, 0.4) is 0 Å². The summed E-state index contributed by atoms with van der Waals surface area (Å²) in [5.74, 6) is 0.110. The molecule has 1 atom stereocenters. The molecule has 100 valence electrons. The van der Waals surface area contributed by atoms with Gasteiger partial charge in [-0.3, -0.25) is 0 Å². The molecule has 0 aliphatic rings. The molecule has 0 aliphatic carbocycles. The Kier molecular flexibility index (Phi) is 3.81. The summed E-state index contributed by atoms with van der Waals surface area (Å²) in [5, 5.41) is 23.3. The standard InChI is InChI=1S/C14H15ClN2O2/c1-8-10(6-7-13(15)17-8)16-9(2)14-11(18)4-3-5-12(14)19/h3-7,9,16,18-19H,1-2H3. The Hall–Kier alpha value is -1.94. The van der Waals surface area contributed by atoms with Gasteiger partial charge in [-0.1, -0.05) is 17.7 Å². The van der Waals surface area contributed by atoms with E-state index in [0.29, 0.717) is 10.7 Å². The summed E-state index contributed by atoms with van der Waals surface area (Å²) in [6.45, 7) is 3.69. The lowest BCUT2D eigenvalue weighted by atomic mass is 10.1. The van der Waals surface area contributed by atoms with Gasteiger partial charge in [0.15, 0.2) is 0 Å². The predicted octanol–water partition coefficient (Wildman–Crippen LogP) is 3.63. The summed E-state index contributed by atoms with van der Waals surface area (Å²) in [6, 6.07) is 7.92. The molecule has 0 bridgehead atoms. The number of halogens is 1. The Morgan fingerprint density at radius 3 is 2.37 bits per heavy atom. The van der Waals surface area contributed by atoms with Gasteiger partial charge in [-0.15, -0.1) is 0 Å². The normalized spacial score (nSPS) is 12.2. The van der Waals surface area contributed by atoms with E-state index in [-0.39, 0.29) is 17.5 Å². The number of nitrogens with one attached hydrogen (secondary N) is 1. The number of anilines is 1. The zero-order valence-corrected chi connectivity index (χ0v) is 11.4. The highest BCUT2D eigenvalue weighted by Gasteiger charge is 2.15. The van der Waals surface area contributed by atoms with Crippen molar-refractivity contribution in [2.24, 2.45) is 0 Å². The van der Waals surface area contributed by atoms with Gasteiger partial charge in [0.05, 0.1) is 23.0 Å². The van der Waals surface area contributed by atoms with Crippen LogP contribution in [0.15, 0.2) is 30.3 Å². The number of phenolic OH excluding ortho intramolecular Hbond substituents is 2. The van der Waals surface area contributed by atoms with E-state index in [1.165, 1.54) is 0 Å². The van der Waals surface area contributed by atoms with Crippen LogP contribution in [0, 0.1) is 6.92 Å². The number of aryl methyl sites for hydroxylation is 1. The van der Waals surface area contributed by atoms with Crippen molar-refractivity contribution in [3.63, 3.8) is 0 Å². The first-order valence-corrected chi connectivity index (χ1v) is 6.27. The molecule has 0 spiro atoms. The number of pyridine rings is 1. The van der Waals surface area contributed by atoms with Crippen molar-refractivity contribution in [3.8, 4) is 11.5 Å². The maximum absolute atomic E-state index is 9.82. The molecule has 1 unspecified atom stereocenters. The zero-order chi connectivity index (χ0) is 14.0. The highest BCUT2D eigenvalue weighted by atomic mass is 35.5. The maximum atomic E-state index is 9.82. The Labute approximate surface area is 116 Å². The summed E-state index contributed by atoms with van der Waals surface area (Å²) in [5.41, 5.74) is 2.02. The van der Waals surface area contributed by atoms with Gasteiger partial charge < -0.3 is 15.5 Å². The van der Waals surface area contributed by atoms with Gasteiger partial charge in [0.25, 0.3) is 0 Å². The number of nitrogens with zero attached hydrogens (tertiary/aromatic N) is 1. The third-order valence-corrected chi connectivity index (χ3v) is 3.13. The van der Waals surface area contributed by atoms with E-state index in [9.17, 15) is 10.2 Å². The molecule has 1 heterocycles. The fraction of sp³-hybridized carbons (Fsp3) is 0.214. The summed E-state index contributed by atoms with van der Waals surface area (Å²) in [4.78, 5) is 4.14. The van der Waals surface area contributed by atoms with Gasteiger partial charge in [-0.05, 0) is 38.1 Å². The van der Waals surface area contributed by atoms with Crippen molar-refractivity contribution >= 4 is 17.3 Å². The maximum Gasteiger partial charge on any atom is 0.129 e. The van der Waals surface area contributed by atoms with Gasteiger partial charge in [-0.2, -0.15) is 0 Å². The quantitative estimate of drug-likeness (QED) is 0.750. The molecular formula is C14H15ClN2O2. The minimum Gasteiger partial charge on any atom is -0.507 e. The Morgan fingerprint density at radius 1 is 1.16 bits per heavy atom. The largest absolute Gasteiger partial charge is 0.507 e. The van der Waals surface area contributed by atoms with E-state index in [4.69, 9.17) is 11.6 Å². The first-order chi connectivity index (χ1) is 8.99. The molecule has 4 nitrogen and oxygen atoms in total. The smallest absolute Gasteiger partial charge is 0.129 e. The molecule has 0 amide bonds. The van der Waals surface area contributed by atoms with Crippen LogP contribution in [0.1, 0.15) is 24.2 Å². The minimum absolute atomic E-state index is 0.0552. The number of hydrogen-bond donors (Lipinski definition) is 3. The van der Waals surface area contributed by atoms with E-state index in [1.807, 2.05) is 19.9 Å². The van der Waals surface area contributed by atoms with Crippen molar-refractivity contribution in [2.45, 2.75) is 19.9 Å². The molecule has 0 radical (unpaired) electrons. The number of phenols is 2. The summed E-state index contributed by atoms with van der Waals surface area (Å²) < 4.78 is 0. The third-order valence-electron chi connectivity index (χ3n) is 2.92. The van der Waals surface area contributed by atoms with E-state index >= 15 is 0 Å². The van der Waals surface area contributed by atoms with Crippen LogP contribution in [0.5, 0.6) is 11.5 Å². The average molecular weight is 279 g/mol. The Morgan fingerprint density at radius 2 is 1.79 bits per heavy atom. The molecular weight excluding hydrogens is 264 g/mol. The van der Waals surface area contributed by atoms with Gasteiger partial charge in [0, 0.05) is 0 Å². The SMILES string of the molecule is Cc1nc(Cl)ccc1NC(C)c1c(O)cccc1O. The van der Waals surface area contributed by atoms with Gasteiger partial charge in [0.2, 0.25) is 0 Å². The highest BCUT2D eigenvalue weighted by molar-refractivity contribution is 6.29. The Balaban J connectivity index is 2.28. The molecule has 1 aromatic heterocycles. The summed E-state index contributed by atoms with van der Waals surface area (Å²) >= 11 is 5.80. The second-order valence-electron chi connectivity index (χ2n) is 4.34. The molecule has 3 N–H and O–H groups in total. The van der Waals surface area contributed by atoms with Crippen molar-refractivity contribution in [1.82, 2.24) is 4.98 Å². The second-order valence-corrected chi connectivity index (χ2v) is 4.73. The molecule has 0 aliphatic heterocycles. The van der Waals surface area contributed by atoms with Crippen molar-refractivity contribution in [3.05, 3.63) is 46.7 Å². The van der Waals surface area contributed by atoms with E-state index in [0.717, 1.165) is 11.4 Å². The molecule has 1 aromatic carbocycles. The van der Waals surface area contributed by atoms with Gasteiger partial charge in [-0.25, -0.2) is 4.98 Å². The zero-order valence-electron chi connectivity index (χ0n) is 10.7. The number of rotatable bonds is 3. The molecule has 0 saturated heterocycles. The average Bonchev–Trinajstić information content (AvgIpc) is 2.32. The van der Waals surface area contributed by atoms with Gasteiger partial charge in [0.1, 0.15) is 16.7 Å². The number of aromatic nitrogens is 1. The molecule has 0 saturated carbocycles. The van der Waals surface area contributed by atoms with Crippen LogP contribution in [0.4, 0.5) is 5.69 Å². The van der Waals surface area contributed by atoms with Crippen LogP contribution in [0.25, 0.3) is 0 Å². The van der Waals surface area contributed by atoms with Crippen LogP contribution in [-0.2, 0) is 0 Å². The van der Waals surface area contributed by atoms with Crippen LogP contribution < -0.4 is 5.32 Å². The Bertz CT molecular complexity index is 582. The van der Waals surface area contributed by atoms with Crippen LogP contribution in [0.2, 0.25) is 5.15 Å².